The maximum Gasteiger partial charge on any atom is 0.0685 e. The van der Waals surface area contributed by atoms with Gasteiger partial charge < -0.3 is 0 Å². The van der Waals surface area contributed by atoms with Crippen molar-refractivity contribution < 1.29 is 0 Å². The van der Waals surface area contributed by atoms with E-state index in [1.54, 1.807) is 0 Å². The fourth-order valence-corrected chi connectivity index (χ4v) is 2.11. The van der Waals surface area contributed by atoms with E-state index in [2.05, 4.69) is 69.5 Å². The van der Waals surface area contributed by atoms with E-state index in [0.717, 1.165) is 6.54 Å². The normalized spacial score (nSPS) is 13.2. The van der Waals surface area contributed by atoms with Crippen molar-refractivity contribution in [1.29, 1.82) is 0 Å². The molecule has 0 N–H and O–H groups in total. The van der Waals surface area contributed by atoms with Gasteiger partial charge in [0, 0.05) is 11.9 Å². The van der Waals surface area contributed by atoms with E-state index in [0.29, 0.717) is 0 Å². The molecule has 0 amide bonds. The van der Waals surface area contributed by atoms with Crippen LogP contribution in [0.25, 0.3) is 10.9 Å². The second-order valence-electron chi connectivity index (χ2n) is 7.39. The van der Waals surface area contributed by atoms with Crippen molar-refractivity contribution >= 4 is 10.9 Å². The molecule has 0 unspecified atom stereocenters. The van der Waals surface area contributed by atoms with Crippen molar-refractivity contribution in [2.75, 3.05) is 0 Å². The molecule has 18 heavy (non-hydrogen) atoms. The Bertz CT molecular complexity index is 550. The maximum atomic E-state index is 4.52. The molecular formula is C16H24N2. The fourth-order valence-electron chi connectivity index (χ4n) is 2.11. The average Bonchev–Trinajstić information content (AvgIpc) is 2.57. The van der Waals surface area contributed by atoms with Crippen molar-refractivity contribution in [3.8, 4) is 0 Å². The van der Waals surface area contributed by atoms with Crippen LogP contribution in [0.3, 0.4) is 0 Å². The van der Waals surface area contributed by atoms with E-state index < -0.39 is 0 Å². The van der Waals surface area contributed by atoms with Crippen molar-refractivity contribution in [2.24, 2.45) is 5.41 Å². The van der Waals surface area contributed by atoms with Crippen molar-refractivity contribution in [3.63, 3.8) is 0 Å². The highest BCUT2D eigenvalue weighted by molar-refractivity contribution is 5.79. The summed E-state index contributed by atoms with van der Waals surface area (Å²) in [5.74, 6) is 0. The van der Waals surface area contributed by atoms with Gasteiger partial charge in [0.1, 0.15) is 0 Å². The highest BCUT2D eigenvalue weighted by Crippen LogP contribution is 2.27. The molecule has 0 aliphatic heterocycles. The molecule has 0 saturated carbocycles. The number of hydrogen-bond acceptors (Lipinski definition) is 1. The third-order valence-corrected chi connectivity index (χ3v) is 3.13. The van der Waals surface area contributed by atoms with E-state index in [4.69, 9.17) is 0 Å². The number of nitrogens with zero attached hydrogens (tertiary/aromatic N) is 2. The summed E-state index contributed by atoms with van der Waals surface area (Å²) in [5.41, 5.74) is 3.05. The molecule has 1 heterocycles. The van der Waals surface area contributed by atoms with Gasteiger partial charge >= 0.3 is 0 Å². The Hall–Kier alpha value is -1.31. The molecular weight excluding hydrogens is 220 g/mol. The van der Waals surface area contributed by atoms with E-state index in [1.165, 1.54) is 16.5 Å². The van der Waals surface area contributed by atoms with Crippen LogP contribution < -0.4 is 0 Å². The summed E-state index contributed by atoms with van der Waals surface area (Å²) in [6, 6.07) is 6.68. The van der Waals surface area contributed by atoms with E-state index in [-0.39, 0.29) is 10.8 Å². The summed E-state index contributed by atoms with van der Waals surface area (Å²) in [6.45, 7) is 14.4. The molecule has 0 aliphatic rings. The van der Waals surface area contributed by atoms with Crippen LogP contribution in [0.1, 0.15) is 47.1 Å². The molecule has 98 valence electrons. The Morgan fingerprint density at radius 1 is 1.06 bits per heavy atom. The molecule has 2 heteroatoms. The van der Waals surface area contributed by atoms with Gasteiger partial charge in [-0.05, 0) is 22.5 Å². The molecule has 1 aromatic carbocycles. The lowest BCUT2D eigenvalue weighted by atomic mass is 9.86. The molecule has 2 nitrogen and oxygen atoms in total. The number of hydrogen-bond donors (Lipinski definition) is 0. The predicted molar refractivity (Wildman–Crippen MR) is 77.9 cm³/mol. The summed E-state index contributed by atoms with van der Waals surface area (Å²) in [6.07, 6.45) is 1.97. The first-order valence-electron chi connectivity index (χ1n) is 6.63. The van der Waals surface area contributed by atoms with Gasteiger partial charge in [0.25, 0.3) is 0 Å². The molecule has 0 spiro atoms. The minimum atomic E-state index is 0.186. The van der Waals surface area contributed by atoms with Crippen LogP contribution in [0.4, 0.5) is 0 Å². The van der Waals surface area contributed by atoms with Crippen molar-refractivity contribution in [2.45, 2.75) is 53.5 Å². The van der Waals surface area contributed by atoms with Gasteiger partial charge in [0.05, 0.1) is 11.7 Å². The molecule has 0 bridgehead atoms. The van der Waals surface area contributed by atoms with E-state index >= 15 is 0 Å². The lowest BCUT2D eigenvalue weighted by molar-refractivity contribution is 0.331. The molecule has 1 aromatic heterocycles. The number of rotatable bonds is 1. The van der Waals surface area contributed by atoms with Crippen molar-refractivity contribution in [1.82, 2.24) is 9.78 Å². The van der Waals surface area contributed by atoms with Gasteiger partial charge in [-0.25, -0.2) is 0 Å². The van der Waals surface area contributed by atoms with Crippen LogP contribution >= 0.6 is 0 Å². The molecule has 2 aromatic rings. The number of benzene rings is 1. The van der Waals surface area contributed by atoms with Gasteiger partial charge in [-0.1, -0.05) is 53.7 Å². The van der Waals surface area contributed by atoms with Crippen molar-refractivity contribution in [3.05, 3.63) is 30.0 Å². The zero-order valence-electron chi connectivity index (χ0n) is 12.4. The first kappa shape index (κ1) is 13.1. The zero-order valence-corrected chi connectivity index (χ0v) is 12.4. The maximum absolute atomic E-state index is 4.52. The summed E-state index contributed by atoms with van der Waals surface area (Å²) >= 11 is 0. The number of aromatic nitrogens is 2. The SMILES string of the molecule is CC(C)(C)Cn1ncc2ccc(C(C)(C)C)cc21. The summed E-state index contributed by atoms with van der Waals surface area (Å²) < 4.78 is 2.13. The highest BCUT2D eigenvalue weighted by Gasteiger charge is 2.17. The van der Waals surface area contributed by atoms with Crippen LogP contribution in [-0.4, -0.2) is 9.78 Å². The zero-order chi connectivity index (χ0) is 13.6. The molecule has 0 radical (unpaired) electrons. The smallest absolute Gasteiger partial charge is 0.0685 e. The molecule has 0 fully saturated rings. The minimum Gasteiger partial charge on any atom is -0.264 e. The van der Waals surface area contributed by atoms with E-state index in [1.807, 2.05) is 6.20 Å². The van der Waals surface area contributed by atoms with Crippen LogP contribution in [0, 0.1) is 5.41 Å². The standard InChI is InChI=1S/C16H24N2/c1-15(2,3)11-18-14-9-13(16(4,5)6)8-7-12(14)10-17-18/h7-10H,11H2,1-6H3. The quantitative estimate of drug-likeness (QED) is 0.728. The topological polar surface area (TPSA) is 17.8 Å². The van der Waals surface area contributed by atoms with Gasteiger partial charge in [0.15, 0.2) is 0 Å². The Labute approximate surface area is 110 Å². The van der Waals surface area contributed by atoms with Crippen LogP contribution in [-0.2, 0) is 12.0 Å². The molecule has 2 rings (SSSR count). The lowest BCUT2D eigenvalue weighted by Gasteiger charge is -2.21. The average molecular weight is 244 g/mol. The Morgan fingerprint density at radius 3 is 2.28 bits per heavy atom. The first-order chi connectivity index (χ1) is 8.17. The Balaban J connectivity index is 2.50. The molecule has 0 saturated heterocycles. The van der Waals surface area contributed by atoms with Gasteiger partial charge in [-0.15, -0.1) is 0 Å². The van der Waals surface area contributed by atoms with Gasteiger partial charge in [-0.2, -0.15) is 5.10 Å². The van der Waals surface area contributed by atoms with E-state index in [9.17, 15) is 0 Å². The summed E-state index contributed by atoms with van der Waals surface area (Å²) in [4.78, 5) is 0. The monoisotopic (exact) mass is 244 g/mol. The second-order valence-corrected chi connectivity index (χ2v) is 7.39. The highest BCUT2D eigenvalue weighted by atomic mass is 15.3. The molecule has 0 aliphatic carbocycles. The van der Waals surface area contributed by atoms with Crippen LogP contribution in [0.5, 0.6) is 0 Å². The third-order valence-electron chi connectivity index (χ3n) is 3.13. The largest absolute Gasteiger partial charge is 0.264 e. The predicted octanol–water partition coefficient (Wildman–Crippen LogP) is 4.38. The second kappa shape index (κ2) is 4.11. The minimum absolute atomic E-state index is 0.186. The summed E-state index contributed by atoms with van der Waals surface area (Å²) in [7, 11) is 0. The molecule has 0 atom stereocenters. The number of fused-ring (bicyclic) bond motifs is 1. The summed E-state index contributed by atoms with van der Waals surface area (Å²) in [5, 5.41) is 5.75. The van der Waals surface area contributed by atoms with Gasteiger partial charge in [-0.3, -0.25) is 4.68 Å². The third kappa shape index (κ3) is 2.74. The van der Waals surface area contributed by atoms with Crippen LogP contribution in [0.2, 0.25) is 0 Å². The first-order valence-corrected chi connectivity index (χ1v) is 6.63. The Kier molecular flexibility index (Phi) is 3.00. The fraction of sp³-hybridized carbons (Fsp3) is 0.562. The Morgan fingerprint density at radius 2 is 1.72 bits per heavy atom. The van der Waals surface area contributed by atoms with Crippen LogP contribution in [0.15, 0.2) is 24.4 Å². The lowest BCUT2D eigenvalue weighted by Crippen LogP contribution is -2.17. The van der Waals surface area contributed by atoms with Gasteiger partial charge in [0.2, 0.25) is 0 Å².